The van der Waals surface area contributed by atoms with Gasteiger partial charge < -0.3 is 14.6 Å². The third-order valence-corrected chi connectivity index (χ3v) is 4.07. The van der Waals surface area contributed by atoms with E-state index >= 15 is 0 Å². The van der Waals surface area contributed by atoms with Crippen molar-refractivity contribution in [2.45, 2.75) is 31.5 Å². The Morgan fingerprint density at radius 3 is 2.52 bits per heavy atom. The van der Waals surface area contributed by atoms with Crippen molar-refractivity contribution < 1.29 is 19.4 Å². The van der Waals surface area contributed by atoms with Crippen LogP contribution in [0.2, 0.25) is 0 Å². The fourth-order valence-corrected chi connectivity index (χ4v) is 3.05. The summed E-state index contributed by atoms with van der Waals surface area (Å²) >= 11 is 0. The Morgan fingerprint density at radius 2 is 1.90 bits per heavy atom. The number of ether oxygens (including phenoxy) is 2. The highest BCUT2D eigenvalue weighted by Gasteiger charge is 2.33. The second kappa shape index (κ2) is 6.45. The number of fused-ring (bicyclic) bond motifs is 2. The van der Waals surface area contributed by atoms with Crippen molar-refractivity contribution in [2.75, 3.05) is 26.2 Å². The number of likely N-dealkylation sites (tertiary alicyclic amines) is 1. The topological polar surface area (TPSA) is 59.0 Å². The first-order valence-corrected chi connectivity index (χ1v) is 7.50. The van der Waals surface area contributed by atoms with E-state index in [1.54, 1.807) is 12.1 Å². The molecule has 0 spiro atoms. The Hall–Kier alpha value is -1.59. The molecule has 2 heterocycles. The lowest BCUT2D eigenvalue weighted by molar-refractivity contribution is -0.136. The van der Waals surface area contributed by atoms with Gasteiger partial charge in [-0.2, -0.15) is 0 Å². The van der Waals surface area contributed by atoms with Crippen LogP contribution in [0.1, 0.15) is 18.4 Å². The lowest BCUT2D eigenvalue weighted by Crippen LogP contribution is -2.44. The minimum absolute atomic E-state index is 0.0524. The van der Waals surface area contributed by atoms with Gasteiger partial charge in [-0.05, 0) is 30.5 Å². The van der Waals surface area contributed by atoms with Gasteiger partial charge in [0.15, 0.2) is 0 Å². The monoisotopic (exact) mass is 291 g/mol. The van der Waals surface area contributed by atoms with Gasteiger partial charge in [0.1, 0.15) is 12.4 Å². The summed E-state index contributed by atoms with van der Waals surface area (Å²) in [6.45, 7) is 3.58. The zero-order valence-electron chi connectivity index (χ0n) is 12.0. The summed E-state index contributed by atoms with van der Waals surface area (Å²) in [4.78, 5) is 13.0. The van der Waals surface area contributed by atoms with Gasteiger partial charge in [-0.15, -0.1) is 0 Å². The zero-order chi connectivity index (χ0) is 14.7. The number of nitrogens with zero attached hydrogens (tertiary/aromatic N) is 1. The van der Waals surface area contributed by atoms with Gasteiger partial charge in [0.05, 0.1) is 18.6 Å². The van der Waals surface area contributed by atoms with Crippen LogP contribution in [-0.2, 0) is 16.0 Å². The lowest BCUT2D eigenvalue weighted by Gasteiger charge is -2.31. The van der Waals surface area contributed by atoms with Crippen molar-refractivity contribution in [1.29, 1.82) is 0 Å². The molecule has 0 amide bonds. The van der Waals surface area contributed by atoms with Gasteiger partial charge in [0.2, 0.25) is 0 Å². The molecule has 0 aromatic heterocycles. The second-order valence-corrected chi connectivity index (χ2v) is 5.78. The van der Waals surface area contributed by atoms with Crippen molar-refractivity contribution >= 4 is 5.97 Å². The van der Waals surface area contributed by atoms with E-state index in [0.29, 0.717) is 18.8 Å². The molecule has 5 heteroatoms. The largest absolute Gasteiger partial charge is 0.492 e. The van der Waals surface area contributed by atoms with Gasteiger partial charge in [-0.3, -0.25) is 9.69 Å². The molecule has 2 atom stereocenters. The maximum Gasteiger partial charge on any atom is 0.307 e. The second-order valence-electron chi connectivity index (χ2n) is 5.78. The number of hydrogen-bond acceptors (Lipinski definition) is 4. The maximum absolute atomic E-state index is 10.6. The summed E-state index contributed by atoms with van der Waals surface area (Å²) in [6.07, 6.45) is 3.26. The summed E-state index contributed by atoms with van der Waals surface area (Å²) < 4.78 is 11.5. The van der Waals surface area contributed by atoms with Crippen LogP contribution < -0.4 is 4.74 Å². The summed E-state index contributed by atoms with van der Waals surface area (Å²) in [5.41, 5.74) is 0.791. The number of carboxylic acids is 1. The number of benzene rings is 1. The standard InChI is InChI=1S/C16H21NO4/c18-16(19)9-12-1-3-13(4-2-12)20-8-7-17-10-14-5-6-15(11-17)21-14/h1-4,14-15H,5-11H2,(H,18,19). The first kappa shape index (κ1) is 14.4. The van der Waals surface area contributed by atoms with E-state index < -0.39 is 5.97 Å². The molecule has 2 aliphatic heterocycles. The molecule has 0 radical (unpaired) electrons. The number of carbonyl (C=O) groups is 1. The van der Waals surface area contributed by atoms with E-state index in [2.05, 4.69) is 4.90 Å². The number of hydrogen-bond donors (Lipinski definition) is 1. The first-order valence-electron chi connectivity index (χ1n) is 7.50. The Morgan fingerprint density at radius 1 is 1.24 bits per heavy atom. The Kier molecular flexibility index (Phi) is 4.41. The van der Waals surface area contributed by atoms with Crippen LogP contribution in [0, 0.1) is 0 Å². The van der Waals surface area contributed by atoms with Crippen LogP contribution in [0.3, 0.4) is 0 Å². The van der Waals surface area contributed by atoms with E-state index in [-0.39, 0.29) is 6.42 Å². The van der Waals surface area contributed by atoms with Gasteiger partial charge in [-0.25, -0.2) is 0 Å². The Bertz CT molecular complexity index is 476. The molecule has 2 aliphatic rings. The lowest BCUT2D eigenvalue weighted by atomic mass is 10.1. The number of morpholine rings is 1. The summed E-state index contributed by atoms with van der Waals surface area (Å²) in [7, 11) is 0. The first-order chi connectivity index (χ1) is 10.2. The maximum atomic E-state index is 10.6. The molecule has 0 aliphatic carbocycles. The minimum atomic E-state index is -0.814. The number of carboxylic acid groups (broad SMARTS) is 1. The minimum Gasteiger partial charge on any atom is -0.492 e. The third kappa shape index (κ3) is 3.95. The molecule has 0 saturated carbocycles. The van der Waals surface area contributed by atoms with Crippen LogP contribution in [0.25, 0.3) is 0 Å². The number of aliphatic carboxylic acids is 1. The normalized spacial score (nSPS) is 25.0. The molecular weight excluding hydrogens is 270 g/mol. The fourth-order valence-electron chi connectivity index (χ4n) is 3.05. The predicted molar refractivity (Wildman–Crippen MR) is 77.6 cm³/mol. The summed E-state index contributed by atoms with van der Waals surface area (Å²) in [5, 5.41) is 8.72. The highest BCUT2D eigenvalue weighted by atomic mass is 16.5. The van der Waals surface area contributed by atoms with E-state index in [0.717, 1.165) is 30.9 Å². The quantitative estimate of drug-likeness (QED) is 0.862. The highest BCUT2D eigenvalue weighted by molar-refractivity contribution is 5.70. The molecule has 1 aromatic rings. The molecule has 21 heavy (non-hydrogen) atoms. The van der Waals surface area contributed by atoms with Crippen LogP contribution in [0.4, 0.5) is 0 Å². The van der Waals surface area contributed by atoms with Crippen molar-refractivity contribution in [3.63, 3.8) is 0 Å². The van der Waals surface area contributed by atoms with E-state index in [9.17, 15) is 4.79 Å². The molecule has 5 nitrogen and oxygen atoms in total. The molecule has 2 fully saturated rings. The van der Waals surface area contributed by atoms with Crippen molar-refractivity contribution in [3.05, 3.63) is 29.8 Å². The molecule has 1 N–H and O–H groups in total. The van der Waals surface area contributed by atoms with E-state index in [1.165, 1.54) is 12.8 Å². The van der Waals surface area contributed by atoms with Crippen molar-refractivity contribution in [1.82, 2.24) is 4.90 Å². The van der Waals surface area contributed by atoms with Crippen LogP contribution in [0.15, 0.2) is 24.3 Å². The van der Waals surface area contributed by atoms with Crippen LogP contribution >= 0.6 is 0 Å². The summed E-state index contributed by atoms with van der Waals surface area (Å²) in [6, 6.07) is 7.28. The Balaban J connectivity index is 1.42. The molecule has 2 saturated heterocycles. The van der Waals surface area contributed by atoms with Crippen molar-refractivity contribution in [3.8, 4) is 5.75 Å². The fraction of sp³-hybridized carbons (Fsp3) is 0.562. The van der Waals surface area contributed by atoms with Gasteiger partial charge in [-0.1, -0.05) is 12.1 Å². The zero-order valence-corrected chi connectivity index (χ0v) is 12.0. The van der Waals surface area contributed by atoms with Gasteiger partial charge >= 0.3 is 5.97 Å². The van der Waals surface area contributed by atoms with Crippen molar-refractivity contribution in [2.24, 2.45) is 0 Å². The summed E-state index contributed by atoms with van der Waals surface area (Å²) in [5.74, 6) is -0.0222. The molecule has 2 unspecified atom stereocenters. The predicted octanol–water partition coefficient (Wildman–Crippen LogP) is 1.56. The van der Waals surface area contributed by atoms with E-state index in [4.69, 9.17) is 14.6 Å². The SMILES string of the molecule is O=C(O)Cc1ccc(OCCN2CC3CCC(C2)O3)cc1. The average molecular weight is 291 g/mol. The average Bonchev–Trinajstić information content (AvgIpc) is 2.79. The molecular formula is C16H21NO4. The third-order valence-electron chi connectivity index (χ3n) is 4.07. The van der Waals surface area contributed by atoms with Crippen LogP contribution in [0.5, 0.6) is 5.75 Å². The smallest absolute Gasteiger partial charge is 0.307 e. The molecule has 1 aromatic carbocycles. The molecule has 3 rings (SSSR count). The molecule has 114 valence electrons. The Labute approximate surface area is 124 Å². The van der Waals surface area contributed by atoms with Crippen LogP contribution in [-0.4, -0.2) is 54.4 Å². The van der Waals surface area contributed by atoms with Gasteiger partial charge in [0.25, 0.3) is 0 Å². The molecule has 2 bridgehead atoms. The van der Waals surface area contributed by atoms with Gasteiger partial charge in [0, 0.05) is 19.6 Å². The number of rotatable bonds is 6. The highest BCUT2D eigenvalue weighted by Crippen LogP contribution is 2.25. The van der Waals surface area contributed by atoms with E-state index in [1.807, 2.05) is 12.1 Å².